The number of rotatable bonds is 7. The fourth-order valence-electron chi connectivity index (χ4n) is 1.54. The number of aromatic nitrogens is 2. The Labute approximate surface area is 102 Å². The lowest BCUT2D eigenvalue weighted by molar-refractivity contribution is 0.288. The zero-order valence-corrected chi connectivity index (χ0v) is 10.8. The first-order chi connectivity index (χ1) is 7.65. The van der Waals surface area contributed by atoms with Gasteiger partial charge in [0, 0.05) is 37.8 Å². The molecule has 0 bridgehead atoms. The summed E-state index contributed by atoms with van der Waals surface area (Å²) in [6.07, 6.45) is 4.79. The molecule has 0 aliphatic heterocycles. The lowest BCUT2D eigenvalue weighted by atomic mass is 10.3. The zero-order chi connectivity index (χ0) is 12.0. The van der Waals surface area contributed by atoms with Gasteiger partial charge in [-0.3, -0.25) is 9.58 Å². The number of hydrogen-bond acceptors (Lipinski definition) is 3. The van der Waals surface area contributed by atoms with Gasteiger partial charge in [0.05, 0.1) is 11.2 Å². The molecule has 0 aromatic carbocycles. The van der Waals surface area contributed by atoms with Crippen molar-refractivity contribution in [3.8, 4) is 0 Å². The Balaban J connectivity index is 2.45. The Morgan fingerprint density at radius 1 is 1.56 bits per heavy atom. The summed E-state index contributed by atoms with van der Waals surface area (Å²) in [7, 11) is 0. The third kappa shape index (κ3) is 4.28. The molecule has 0 aliphatic carbocycles. The maximum absolute atomic E-state index is 5.50. The van der Waals surface area contributed by atoms with Crippen LogP contribution < -0.4 is 5.73 Å². The molecule has 0 saturated carbocycles. The van der Waals surface area contributed by atoms with Crippen molar-refractivity contribution >= 4 is 17.2 Å². The average Bonchev–Trinajstić information content (AvgIpc) is 2.71. The van der Waals surface area contributed by atoms with Crippen LogP contribution >= 0.6 is 12.2 Å². The monoisotopic (exact) mass is 240 g/mol. The fraction of sp³-hybridized carbons (Fsp3) is 0.636. The topological polar surface area (TPSA) is 47.1 Å². The predicted molar refractivity (Wildman–Crippen MR) is 70.3 cm³/mol. The summed E-state index contributed by atoms with van der Waals surface area (Å²) in [6, 6.07) is 0. The Morgan fingerprint density at radius 2 is 2.31 bits per heavy atom. The lowest BCUT2D eigenvalue weighted by Gasteiger charge is -2.18. The molecule has 1 aromatic heterocycles. The van der Waals surface area contributed by atoms with Gasteiger partial charge in [-0.25, -0.2) is 0 Å². The van der Waals surface area contributed by atoms with Gasteiger partial charge in [-0.2, -0.15) is 5.10 Å². The van der Waals surface area contributed by atoms with Gasteiger partial charge in [-0.1, -0.05) is 19.1 Å². The minimum absolute atomic E-state index is 0.586. The normalized spacial score (nSPS) is 10.9. The largest absolute Gasteiger partial charge is 0.393 e. The summed E-state index contributed by atoms with van der Waals surface area (Å²) in [4.78, 5) is 2.90. The molecule has 1 aromatic rings. The van der Waals surface area contributed by atoms with Gasteiger partial charge in [-0.05, 0) is 13.5 Å². The molecule has 0 amide bonds. The first-order valence-electron chi connectivity index (χ1n) is 5.67. The summed E-state index contributed by atoms with van der Waals surface area (Å²) in [5.74, 6) is 0. The van der Waals surface area contributed by atoms with Crippen molar-refractivity contribution in [3.05, 3.63) is 18.0 Å². The van der Waals surface area contributed by atoms with Crippen LogP contribution in [0.5, 0.6) is 0 Å². The second-order valence-electron chi connectivity index (χ2n) is 3.79. The van der Waals surface area contributed by atoms with Crippen LogP contribution in [0.15, 0.2) is 12.4 Å². The van der Waals surface area contributed by atoms with E-state index in [4.69, 9.17) is 18.0 Å². The van der Waals surface area contributed by atoms with Gasteiger partial charge in [-0.15, -0.1) is 0 Å². The summed E-state index contributed by atoms with van der Waals surface area (Å²) < 4.78 is 1.94. The molecular formula is C11H20N4S. The molecule has 1 heterocycles. The molecule has 0 spiro atoms. The fourth-order valence-corrected chi connectivity index (χ4v) is 1.63. The molecule has 0 fully saturated rings. The van der Waals surface area contributed by atoms with Crippen LogP contribution in [-0.4, -0.2) is 32.8 Å². The highest BCUT2D eigenvalue weighted by atomic mass is 32.1. The van der Waals surface area contributed by atoms with Crippen LogP contribution in [-0.2, 0) is 13.1 Å². The standard InChI is InChI=1S/C11H20N4S/c1-3-14(6-5-11(12)16)8-10-7-13-15(4-2)9-10/h7,9H,3-6,8H2,1-2H3,(H2,12,16). The molecule has 90 valence electrons. The third-order valence-corrected chi connectivity index (χ3v) is 2.74. The second-order valence-corrected chi connectivity index (χ2v) is 4.31. The van der Waals surface area contributed by atoms with Crippen molar-refractivity contribution in [1.29, 1.82) is 0 Å². The Morgan fingerprint density at radius 3 is 2.81 bits per heavy atom. The Bertz CT molecular complexity index is 334. The van der Waals surface area contributed by atoms with E-state index in [0.717, 1.165) is 32.6 Å². The van der Waals surface area contributed by atoms with Crippen molar-refractivity contribution in [1.82, 2.24) is 14.7 Å². The van der Waals surface area contributed by atoms with Crippen LogP contribution in [0.25, 0.3) is 0 Å². The quantitative estimate of drug-likeness (QED) is 0.732. The summed E-state index contributed by atoms with van der Waals surface area (Å²) in [5.41, 5.74) is 6.75. The first-order valence-corrected chi connectivity index (χ1v) is 6.08. The van der Waals surface area contributed by atoms with E-state index in [1.54, 1.807) is 0 Å². The predicted octanol–water partition coefficient (Wildman–Crippen LogP) is 1.40. The van der Waals surface area contributed by atoms with Crippen molar-refractivity contribution in [2.75, 3.05) is 13.1 Å². The highest BCUT2D eigenvalue weighted by Gasteiger charge is 2.05. The van der Waals surface area contributed by atoms with Gasteiger partial charge < -0.3 is 5.73 Å². The molecule has 1 rings (SSSR count). The van der Waals surface area contributed by atoms with Crippen molar-refractivity contribution < 1.29 is 0 Å². The van der Waals surface area contributed by atoms with E-state index < -0.39 is 0 Å². The average molecular weight is 240 g/mol. The number of hydrogen-bond donors (Lipinski definition) is 1. The molecule has 0 aliphatic rings. The van der Waals surface area contributed by atoms with E-state index >= 15 is 0 Å². The summed E-state index contributed by atoms with van der Waals surface area (Å²) in [6.45, 7) is 7.98. The molecule has 16 heavy (non-hydrogen) atoms. The third-order valence-electron chi connectivity index (χ3n) is 2.54. The van der Waals surface area contributed by atoms with Crippen LogP contribution in [0.2, 0.25) is 0 Å². The molecule has 2 N–H and O–H groups in total. The maximum atomic E-state index is 5.50. The minimum atomic E-state index is 0.586. The molecule has 4 nitrogen and oxygen atoms in total. The van der Waals surface area contributed by atoms with Crippen molar-refractivity contribution in [2.45, 2.75) is 33.4 Å². The highest BCUT2D eigenvalue weighted by molar-refractivity contribution is 7.80. The Kier molecular flexibility index (Phi) is 5.42. The van der Waals surface area contributed by atoms with Crippen LogP contribution in [0.4, 0.5) is 0 Å². The van der Waals surface area contributed by atoms with E-state index in [-0.39, 0.29) is 0 Å². The van der Waals surface area contributed by atoms with Crippen molar-refractivity contribution in [2.24, 2.45) is 5.73 Å². The number of aryl methyl sites for hydroxylation is 1. The maximum Gasteiger partial charge on any atom is 0.0740 e. The highest BCUT2D eigenvalue weighted by Crippen LogP contribution is 2.04. The first kappa shape index (κ1) is 13.1. The van der Waals surface area contributed by atoms with Gasteiger partial charge in [0.1, 0.15) is 0 Å². The lowest BCUT2D eigenvalue weighted by Crippen LogP contribution is -2.26. The SMILES string of the molecule is CCN(CCC(N)=S)Cc1cnn(CC)c1. The summed E-state index contributed by atoms with van der Waals surface area (Å²) >= 11 is 4.88. The van der Waals surface area contributed by atoms with E-state index in [0.29, 0.717) is 4.99 Å². The van der Waals surface area contributed by atoms with Gasteiger partial charge in [0.25, 0.3) is 0 Å². The minimum Gasteiger partial charge on any atom is -0.393 e. The second kappa shape index (κ2) is 6.60. The number of nitrogens with two attached hydrogens (primary N) is 1. The molecule has 0 radical (unpaired) electrons. The molecule has 0 atom stereocenters. The van der Waals surface area contributed by atoms with E-state index in [1.165, 1.54) is 5.56 Å². The number of thiocarbonyl (C=S) groups is 1. The van der Waals surface area contributed by atoms with Crippen LogP contribution in [0.1, 0.15) is 25.8 Å². The van der Waals surface area contributed by atoms with E-state index in [9.17, 15) is 0 Å². The Hall–Kier alpha value is -0.940. The molecule has 0 saturated heterocycles. The zero-order valence-electron chi connectivity index (χ0n) is 10.0. The van der Waals surface area contributed by atoms with E-state index in [1.807, 2.05) is 10.9 Å². The number of nitrogens with zero attached hydrogens (tertiary/aromatic N) is 3. The van der Waals surface area contributed by atoms with Gasteiger partial charge in [0.15, 0.2) is 0 Å². The van der Waals surface area contributed by atoms with Crippen molar-refractivity contribution in [3.63, 3.8) is 0 Å². The van der Waals surface area contributed by atoms with E-state index in [2.05, 4.69) is 30.0 Å². The molecule has 5 heteroatoms. The van der Waals surface area contributed by atoms with Crippen LogP contribution in [0.3, 0.4) is 0 Å². The summed E-state index contributed by atoms with van der Waals surface area (Å²) in [5, 5.41) is 4.26. The van der Waals surface area contributed by atoms with Gasteiger partial charge in [0.2, 0.25) is 0 Å². The molecule has 0 unspecified atom stereocenters. The smallest absolute Gasteiger partial charge is 0.0740 e. The molecular weight excluding hydrogens is 220 g/mol. The van der Waals surface area contributed by atoms with Crippen LogP contribution in [0, 0.1) is 0 Å². The van der Waals surface area contributed by atoms with Gasteiger partial charge >= 0.3 is 0 Å².